The van der Waals surface area contributed by atoms with Gasteiger partial charge in [0, 0.05) is 22.7 Å². The Morgan fingerprint density at radius 2 is 2.17 bits per heavy atom. The van der Waals surface area contributed by atoms with Crippen LogP contribution in [0.4, 0.5) is 5.13 Å². The highest BCUT2D eigenvalue weighted by Crippen LogP contribution is 2.28. The molecule has 0 fully saturated rings. The van der Waals surface area contributed by atoms with Gasteiger partial charge in [-0.1, -0.05) is 35.5 Å². The molecule has 1 N–H and O–H groups in total. The Labute approximate surface area is 153 Å². The maximum absolute atomic E-state index is 12.0. The second kappa shape index (κ2) is 7.92. The number of benzene rings is 1. The molecule has 1 aromatic carbocycles. The van der Waals surface area contributed by atoms with E-state index < -0.39 is 0 Å². The second-order valence-corrected chi connectivity index (χ2v) is 8.36. The molecular weight excluding hydrogens is 358 g/mol. The number of carbonyl (C=O) groups excluding carboxylic acids is 1. The summed E-state index contributed by atoms with van der Waals surface area (Å²) in [5.74, 6) is 0.813. The Morgan fingerprint density at radius 1 is 1.29 bits per heavy atom. The van der Waals surface area contributed by atoms with Crippen molar-refractivity contribution in [3.63, 3.8) is 0 Å². The summed E-state index contributed by atoms with van der Waals surface area (Å²) in [5.41, 5.74) is 4.71. The fourth-order valence-corrected chi connectivity index (χ4v) is 4.60. The van der Waals surface area contributed by atoms with Crippen LogP contribution in [0.3, 0.4) is 0 Å². The van der Waals surface area contributed by atoms with Crippen molar-refractivity contribution in [1.29, 1.82) is 0 Å². The third-order valence-corrected chi connectivity index (χ3v) is 6.21. The monoisotopic (exact) mass is 375 g/mol. The first-order valence-electron chi connectivity index (χ1n) is 7.43. The molecule has 0 spiro atoms. The Bertz CT molecular complexity index is 827. The van der Waals surface area contributed by atoms with Crippen LogP contribution in [0.1, 0.15) is 22.4 Å². The van der Waals surface area contributed by atoms with Gasteiger partial charge in [-0.15, -0.1) is 22.7 Å². The molecule has 0 atom stereocenters. The van der Waals surface area contributed by atoms with Crippen molar-refractivity contribution in [3.05, 3.63) is 57.5 Å². The molecule has 7 heteroatoms. The molecule has 1 amide bonds. The summed E-state index contributed by atoms with van der Waals surface area (Å²) in [7, 11) is 0. The number of hydrogen-bond acceptors (Lipinski definition) is 6. The van der Waals surface area contributed by atoms with Crippen LogP contribution >= 0.6 is 34.4 Å². The van der Waals surface area contributed by atoms with Gasteiger partial charge in [0.15, 0.2) is 5.13 Å². The topological polar surface area (TPSA) is 54.9 Å². The zero-order valence-electron chi connectivity index (χ0n) is 13.4. The minimum Gasteiger partial charge on any atom is -0.302 e. The fourth-order valence-electron chi connectivity index (χ4n) is 2.14. The van der Waals surface area contributed by atoms with Crippen LogP contribution in [-0.4, -0.2) is 15.9 Å². The molecule has 0 aliphatic rings. The van der Waals surface area contributed by atoms with Gasteiger partial charge in [0.1, 0.15) is 4.34 Å². The van der Waals surface area contributed by atoms with Gasteiger partial charge in [-0.25, -0.2) is 9.97 Å². The number of nitrogens with zero attached hydrogens (tertiary/aromatic N) is 2. The third-order valence-electron chi connectivity index (χ3n) is 3.41. The van der Waals surface area contributed by atoms with E-state index in [0.717, 1.165) is 15.8 Å². The zero-order valence-corrected chi connectivity index (χ0v) is 15.9. The highest BCUT2D eigenvalue weighted by molar-refractivity contribution is 8.00. The number of thiazole rings is 2. The summed E-state index contributed by atoms with van der Waals surface area (Å²) in [6.07, 6.45) is 1.95. The van der Waals surface area contributed by atoms with Crippen molar-refractivity contribution in [1.82, 2.24) is 9.97 Å². The number of rotatable bonds is 6. The summed E-state index contributed by atoms with van der Waals surface area (Å²) in [5, 5.41) is 7.19. The van der Waals surface area contributed by atoms with Crippen LogP contribution in [-0.2, 0) is 17.0 Å². The van der Waals surface area contributed by atoms with Gasteiger partial charge in [0.05, 0.1) is 12.1 Å². The number of aromatic nitrogens is 2. The molecule has 0 aliphatic heterocycles. The van der Waals surface area contributed by atoms with Crippen molar-refractivity contribution in [2.24, 2.45) is 0 Å². The standard InChI is InChI=1S/C17H17N3OS3/c1-11-3-4-12(2)13(7-11)9-23-17-19-14(10-24-17)8-15(21)20-16-18-5-6-22-16/h3-7,10H,8-9H2,1-2H3,(H,18,20,21). The van der Waals surface area contributed by atoms with Gasteiger partial charge in [-0.05, 0) is 25.0 Å². The van der Waals surface area contributed by atoms with E-state index in [4.69, 9.17) is 0 Å². The Balaban J connectivity index is 1.55. The van der Waals surface area contributed by atoms with Gasteiger partial charge < -0.3 is 5.32 Å². The zero-order chi connectivity index (χ0) is 16.9. The molecule has 4 nitrogen and oxygen atoms in total. The van der Waals surface area contributed by atoms with Crippen LogP contribution in [0, 0.1) is 13.8 Å². The molecule has 0 saturated heterocycles. The maximum Gasteiger partial charge on any atom is 0.232 e. The van der Waals surface area contributed by atoms with E-state index in [2.05, 4.69) is 47.3 Å². The molecule has 3 rings (SSSR count). The van der Waals surface area contributed by atoms with Crippen LogP contribution in [0.5, 0.6) is 0 Å². The predicted octanol–water partition coefficient (Wildman–Crippen LogP) is 4.69. The first kappa shape index (κ1) is 17.1. The molecule has 2 aromatic heterocycles. The van der Waals surface area contributed by atoms with E-state index in [0.29, 0.717) is 5.13 Å². The minimum absolute atomic E-state index is 0.0821. The molecule has 24 heavy (non-hydrogen) atoms. The van der Waals surface area contributed by atoms with Crippen molar-refractivity contribution in [2.45, 2.75) is 30.4 Å². The fraction of sp³-hybridized carbons (Fsp3) is 0.235. The first-order valence-corrected chi connectivity index (χ1v) is 10.2. The second-order valence-electron chi connectivity index (χ2n) is 5.39. The SMILES string of the molecule is Cc1ccc(C)c(CSc2nc(CC(=O)Nc3nccs3)cs2)c1. The molecule has 0 bridgehead atoms. The van der Waals surface area contributed by atoms with Crippen LogP contribution in [0.2, 0.25) is 0 Å². The van der Waals surface area contributed by atoms with E-state index in [-0.39, 0.29) is 12.3 Å². The van der Waals surface area contributed by atoms with Crippen molar-refractivity contribution in [3.8, 4) is 0 Å². The van der Waals surface area contributed by atoms with Crippen molar-refractivity contribution >= 4 is 45.5 Å². The lowest BCUT2D eigenvalue weighted by Crippen LogP contribution is -2.14. The lowest BCUT2D eigenvalue weighted by molar-refractivity contribution is -0.115. The minimum atomic E-state index is -0.0821. The van der Waals surface area contributed by atoms with Gasteiger partial charge >= 0.3 is 0 Å². The Kier molecular flexibility index (Phi) is 5.65. The normalized spacial score (nSPS) is 10.8. The molecule has 0 radical (unpaired) electrons. The number of amides is 1. The smallest absolute Gasteiger partial charge is 0.232 e. The molecular formula is C17H17N3OS3. The molecule has 0 saturated carbocycles. The highest BCUT2D eigenvalue weighted by atomic mass is 32.2. The number of aryl methyl sites for hydroxylation is 2. The number of carbonyl (C=O) groups is 1. The molecule has 0 aliphatic carbocycles. The average Bonchev–Trinajstić information content (AvgIpc) is 3.20. The number of nitrogens with one attached hydrogen (secondary N) is 1. The summed E-state index contributed by atoms with van der Waals surface area (Å²) < 4.78 is 0.993. The summed E-state index contributed by atoms with van der Waals surface area (Å²) in [6.45, 7) is 4.24. The summed E-state index contributed by atoms with van der Waals surface area (Å²) >= 11 is 4.71. The van der Waals surface area contributed by atoms with Gasteiger partial charge in [-0.2, -0.15) is 0 Å². The Hall–Kier alpha value is -1.70. The quantitative estimate of drug-likeness (QED) is 0.635. The Morgan fingerprint density at radius 3 is 2.96 bits per heavy atom. The summed E-state index contributed by atoms with van der Waals surface area (Å²) in [4.78, 5) is 20.6. The molecule has 124 valence electrons. The van der Waals surface area contributed by atoms with Gasteiger partial charge in [-0.3, -0.25) is 4.79 Å². The summed E-state index contributed by atoms with van der Waals surface area (Å²) in [6, 6.07) is 6.51. The van der Waals surface area contributed by atoms with Crippen LogP contribution in [0.25, 0.3) is 0 Å². The first-order chi connectivity index (χ1) is 11.6. The van der Waals surface area contributed by atoms with E-state index in [1.807, 2.05) is 10.8 Å². The lowest BCUT2D eigenvalue weighted by atomic mass is 10.1. The van der Waals surface area contributed by atoms with E-state index in [9.17, 15) is 4.79 Å². The molecule has 3 aromatic rings. The van der Waals surface area contributed by atoms with Gasteiger partial charge in [0.2, 0.25) is 5.91 Å². The number of hydrogen-bond donors (Lipinski definition) is 1. The molecule has 2 heterocycles. The predicted molar refractivity (Wildman–Crippen MR) is 102 cm³/mol. The highest BCUT2D eigenvalue weighted by Gasteiger charge is 2.10. The average molecular weight is 376 g/mol. The molecule has 0 unspecified atom stereocenters. The van der Waals surface area contributed by atoms with Crippen LogP contribution < -0.4 is 5.32 Å². The van der Waals surface area contributed by atoms with E-state index >= 15 is 0 Å². The largest absolute Gasteiger partial charge is 0.302 e. The van der Waals surface area contributed by atoms with Gasteiger partial charge in [0.25, 0.3) is 0 Å². The van der Waals surface area contributed by atoms with E-state index in [1.165, 1.54) is 28.0 Å². The third kappa shape index (κ3) is 4.66. The number of thioether (sulfide) groups is 1. The van der Waals surface area contributed by atoms with Crippen molar-refractivity contribution < 1.29 is 4.79 Å². The van der Waals surface area contributed by atoms with E-state index in [1.54, 1.807) is 29.3 Å². The van der Waals surface area contributed by atoms with Crippen molar-refractivity contribution in [2.75, 3.05) is 5.32 Å². The maximum atomic E-state index is 12.0. The number of anilines is 1. The lowest BCUT2D eigenvalue weighted by Gasteiger charge is -2.05. The van der Waals surface area contributed by atoms with Crippen LogP contribution in [0.15, 0.2) is 39.5 Å².